The van der Waals surface area contributed by atoms with E-state index in [0.29, 0.717) is 11.0 Å². The second kappa shape index (κ2) is 21.3. The van der Waals surface area contributed by atoms with Crippen molar-refractivity contribution >= 4 is 13.8 Å². The van der Waals surface area contributed by atoms with Crippen LogP contribution in [0.4, 0.5) is 0 Å². The summed E-state index contributed by atoms with van der Waals surface area (Å²) in [6.07, 6.45) is 19.2. The molecule has 2 atom stereocenters. The van der Waals surface area contributed by atoms with Crippen LogP contribution in [-0.2, 0) is 23.1 Å². The van der Waals surface area contributed by atoms with Crippen molar-refractivity contribution < 1.29 is 37.6 Å². The summed E-state index contributed by atoms with van der Waals surface area (Å²) >= 11 is 0. The Morgan fingerprint density at radius 2 is 1.43 bits per heavy atom. The van der Waals surface area contributed by atoms with Gasteiger partial charge in [-0.2, -0.15) is 0 Å². The van der Waals surface area contributed by atoms with Gasteiger partial charge in [-0.25, -0.2) is 4.57 Å². The summed E-state index contributed by atoms with van der Waals surface area (Å²) in [5.74, 6) is -0.441. The predicted octanol–water partition coefficient (Wildman–Crippen LogP) is 5.77. The van der Waals surface area contributed by atoms with Crippen LogP contribution in [0, 0.1) is 0 Å². The first-order valence-electron chi connectivity index (χ1n) is 13.5. The van der Waals surface area contributed by atoms with E-state index in [0.717, 1.165) is 32.1 Å². The minimum absolute atomic E-state index is 0.0519. The maximum Gasteiger partial charge on any atom is 0.472 e. The van der Waals surface area contributed by atoms with Gasteiger partial charge in [-0.1, -0.05) is 70.4 Å². The van der Waals surface area contributed by atoms with E-state index in [-0.39, 0.29) is 13.0 Å². The standard InChI is InChI=1S/C26H52NO7P/c1-5-6-7-8-9-10-11-12-13-14-15-16-17-18-19-20-26(29)34-25(23-28)24-33-35(30,31)32-22-21-27(2,3)4/h12-13,25,28H,5-11,14-24H2,1-4H3/p+1/b13-12+/t25-/m1/s1. The molecule has 208 valence electrons. The Hall–Kier alpha value is -0.760. The Bertz CT molecular complexity index is 593. The number of carbonyl (C=O) groups excluding carboxylic acids is 1. The Morgan fingerprint density at radius 3 is 1.97 bits per heavy atom. The van der Waals surface area contributed by atoms with Gasteiger partial charge in [0.05, 0.1) is 34.4 Å². The third-order valence-electron chi connectivity index (χ3n) is 5.58. The first kappa shape index (κ1) is 34.2. The quantitative estimate of drug-likeness (QED) is 0.0546. The van der Waals surface area contributed by atoms with E-state index in [4.69, 9.17) is 13.8 Å². The van der Waals surface area contributed by atoms with Gasteiger partial charge in [0.25, 0.3) is 0 Å². The highest BCUT2D eigenvalue weighted by molar-refractivity contribution is 7.47. The SMILES string of the molecule is CCCCCCCC/C=C/CCCCCCCC(=O)O[C@H](CO)COP(=O)(O)OCC[N+](C)(C)C. The molecule has 0 amide bonds. The van der Waals surface area contributed by atoms with E-state index in [1.165, 1.54) is 51.4 Å². The van der Waals surface area contributed by atoms with Gasteiger partial charge in [-0.15, -0.1) is 0 Å². The zero-order valence-electron chi connectivity index (χ0n) is 22.8. The lowest BCUT2D eigenvalue weighted by Gasteiger charge is -2.24. The minimum Gasteiger partial charge on any atom is -0.457 e. The summed E-state index contributed by atoms with van der Waals surface area (Å²) in [7, 11) is 1.54. The predicted molar refractivity (Wildman–Crippen MR) is 141 cm³/mol. The molecule has 0 bridgehead atoms. The van der Waals surface area contributed by atoms with Crippen molar-refractivity contribution in [2.75, 3.05) is 47.5 Å². The number of phosphoric acid groups is 1. The number of ether oxygens (including phenoxy) is 1. The van der Waals surface area contributed by atoms with Crippen LogP contribution >= 0.6 is 7.82 Å². The lowest BCUT2D eigenvalue weighted by atomic mass is 10.1. The van der Waals surface area contributed by atoms with Gasteiger partial charge in [0, 0.05) is 6.42 Å². The summed E-state index contributed by atoms with van der Waals surface area (Å²) in [6.45, 7) is 1.94. The van der Waals surface area contributed by atoms with Crippen molar-refractivity contribution in [1.29, 1.82) is 0 Å². The number of rotatable bonds is 24. The molecule has 0 aliphatic rings. The van der Waals surface area contributed by atoms with Gasteiger partial charge in [-0.3, -0.25) is 13.8 Å². The number of quaternary nitrogens is 1. The van der Waals surface area contributed by atoms with Crippen molar-refractivity contribution in [3.05, 3.63) is 12.2 Å². The fraction of sp³-hybridized carbons (Fsp3) is 0.885. The highest BCUT2D eigenvalue weighted by Gasteiger charge is 2.25. The van der Waals surface area contributed by atoms with E-state index in [2.05, 4.69) is 19.1 Å². The molecule has 9 heteroatoms. The molecule has 0 rings (SSSR count). The molecule has 0 aromatic heterocycles. The number of allylic oxidation sites excluding steroid dienone is 2. The van der Waals surface area contributed by atoms with Crippen LogP contribution in [0.1, 0.15) is 96.8 Å². The number of hydrogen-bond donors (Lipinski definition) is 2. The summed E-state index contributed by atoms with van der Waals surface area (Å²) in [5.41, 5.74) is 0. The largest absolute Gasteiger partial charge is 0.472 e. The molecule has 0 aromatic carbocycles. The second-order valence-electron chi connectivity index (χ2n) is 10.2. The molecule has 0 spiro atoms. The zero-order valence-corrected chi connectivity index (χ0v) is 23.7. The molecule has 0 aromatic rings. The number of phosphoric ester groups is 1. The van der Waals surface area contributed by atoms with E-state index in [1.807, 2.05) is 21.1 Å². The van der Waals surface area contributed by atoms with Crippen LogP contribution in [0.2, 0.25) is 0 Å². The molecule has 0 radical (unpaired) electrons. The van der Waals surface area contributed by atoms with Gasteiger partial charge >= 0.3 is 13.8 Å². The number of esters is 1. The summed E-state index contributed by atoms with van der Waals surface area (Å²) < 4.78 is 27.4. The van der Waals surface area contributed by atoms with Crippen molar-refractivity contribution in [2.45, 2.75) is 103 Å². The number of aliphatic hydroxyl groups excluding tert-OH is 1. The Morgan fingerprint density at radius 1 is 0.886 bits per heavy atom. The monoisotopic (exact) mass is 522 g/mol. The molecular formula is C26H53NO7P+. The fourth-order valence-corrected chi connectivity index (χ4v) is 4.10. The molecule has 35 heavy (non-hydrogen) atoms. The van der Waals surface area contributed by atoms with Crippen molar-refractivity contribution in [3.63, 3.8) is 0 Å². The van der Waals surface area contributed by atoms with Crippen molar-refractivity contribution in [3.8, 4) is 0 Å². The first-order valence-corrected chi connectivity index (χ1v) is 15.0. The number of aliphatic hydroxyl groups is 1. The number of carbonyl (C=O) groups is 1. The van der Waals surface area contributed by atoms with Crippen LogP contribution in [0.25, 0.3) is 0 Å². The maximum absolute atomic E-state index is 12.0. The summed E-state index contributed by atoms with van der Waals surface area (Å²) in [5, 5.41) is 9.38. The topological polar surface area (TPSA) is 102 Å². The zero-order chi connectivity index (χ0) is 26.4. The average Bonchev–Trinajstić information content (AvgIpc) is 2.78. The van der Waals surface area contributed by atoms with E-state index < -0.39 is 33.1 Å². The van der Waals surface area contributed by atoms with Gasteiger partial charge in [-0.05, 0) is 32.1 Å². The van der Waals surface area contributed by atoms with Crippen molar-refractivity contribution in [2.24, 2.45) is 0 Å². The number of likely N-dealkylation sites (N-methyl/N-ethyl adjacent to an activating group) is 1. The van der Waals surface area contributed by atoms with E-state index in [1.54, 1.807) is 0 Å². The van der Waals surface area contributed by atoms with Crippen LogP contribution in [0.15, 0.2) is 12.2 Å². The second-order valence-corrected chi connectivity index (χ2v) is 11.7. The van der Waals surface area contributed by atoms with E-state index in [9.17, 15) is 19.4 Å². The normalized spacial score (nSPS) is 14.8. The molecule has 0 aliphatic heterocycles. The number of hydrogen-bond acceptors (Lipinski definition) is 6. The Kier molecular flexibility index (Phi) is 20.9. The molecule has 2 N–H and O–H groups in total. The van der Waals surface area contributed by atoms with Crippen LogP contribution < -0.4 is 0 Å². The molecule has 8 nitrogen and oxygen atoms in total. The molecule has 0 fully saturated rings. The third-order valence-corrected chi connectivity index (χ3v) is 6.57. The fourth-order valence-electron chi connectivity index (χ4n) is 3.35. The lowest BCUT2D eigenvalue weighted by molar-refractivity contribution is -0.870. The smallest absolute Gasteiger partial charge is 0.457 e. The van der Waals surface area contributed by atoms with Gasteiger partial charge in [0.1, 0.15) is 19.3 Å². The molecule has 0 saturated heterocycles. The molecule has 0 saturated carbocycles. The average molecular weight is 523 g/mol. The summed E-state index contributed by atoms with van der Waals surface area (Å²) in [6, 6.07) is 0. The van der Waals surface area contributed by atoms with E-state index >= 15 is 0 Å². The summed E-state index contributed by atoms with van der Waals surface area (Å²) in [4.78, 5) is 21.7. The minimum atomic E-state index is -4.26. The Labute approximate surface area is 214 Å². The van der Waals surface area contributed by atoms with Gasteiger partial charge in [0.2, 0.25) is 0 Å². The van der Waals surface area contributed by atoms with Gasteiger partial charge in [0.15, 0.2) is 0 Å². The third kappa shape index (κ3) is 24.7. The van der Waals surface area contributed by atoms with Crippen LogP contribution in [0.3, 0.4) is 0 Å². The van der Waals surface area contributed by atoms with Crippen LogP contribution in [0.5, 0.6) is 0 Å². The van der Waals surface area contributed by atoms with Gasteiger partial charge < -0.3 is 19.2 Å². The number of unbranched alkanes of at least 4 members (excludes halogenated alkanes) is 11. The highest BCUT2D eigenvalue weighted by Crippen LogP contribution is 2.43. The molecular weight excluding hydrogens is 469 g/mol. The first-order chi connectivity index (χ1) is 16.6. The van der Waals surface area contributed by atoms with Crippen molar-refractivity contribution in [1.82, 2.24) is 0 Å². The van der Waals surface area contributed by atoms with Crippen LogP contribution in [-0.4, -0.2) is 74.1 Å². The molecule has 1 unspecified atom stereocenters. The molecule has 0 aliphatic carbocycles. The lowest BCUT2D eigenvalue weighted by Crippen LogP contribution is -2.37. The highest BCUT2D eigenvalue weighted by atomic mass is 31.2. The molecule has 0 heterocycles. The number of nitrogens with zero attached hydrogens (tertiary/aromatic N) is 1. The maximum atomic E-state index is 12.0. The Balaban J connectivity index is 3.75.